The van der Waals surface area contributed by atoms with Crippen molar-refractivity contribution in [3.63, 3.8) is 0 Å². The highest BCUT2D eigenvalue weighted by Crippen LogP contribution is 2.20. The van der Waals surface area contributed by atoms with Gasteiger partial charge < -0.3 is 14.2 Å². The third-order valence-electron chi connectivity index (χ3n) is 1.17. The number of carbonyl (C=O) groups excluding carboxylic acids is 1. The molecular formula is C7H8O4. The lowest BCUT2D eigenvalue weighted by Gasteiger charge is -2.06. The number of carbonyl (C=O) groups is 1. The van der Waals surface area contributed by atoms with Crippen LogP contribution in [0, 0.1) is 0 Å². The van der Waals surface area contributed by atoms with Crippen LogP contribution in [0.3, 0.4) is 0 Å². The first-order valence-corrected chi connectivity index (χ1v) is 2.99. The molecule has 1 rings (SSSR count). The van der Waals surface area contributed by atoms with Gasteiger partial charge in [-0.25, -0.2) is 0 Å². The molecule has 4 heteroatoms. The second-order valence-electron chi connectivity index (χ2n) is 1.81. The van der Waals surface area contributed by atoms with E-state index >= 15 is 0 Å². The van der Waals surface area contributed by atoms with E-state index in [1.54, 1.807) is 0 Å². The Balaban J connectivity index is 2.70. The fraction of sp³-hybridized carbons (Fsp3) is 0.286. The Morgan fingerprint density at radius 1 is 1.55 bits per heavy atom. The summed E-state index contributed by atoms with van der Waals surface area (Å²) in [6.07, 6.45) is 1.94. The van der Waals surface area contributed by atoms with Gasteiger partial charge in [0.25, 0.3) is 0 Å². The molecule has 0 saturated carbocycles. The van der Waals surface area contributed by atoms with Gasteiger partial charge in [0.2, 0.25) is 5.76 Å². The van der Waals surface area contributed by atoms with Gasteiger partial charge in [0.15, 0.2) is 12.0 Å². The molecule has 11 heavy (non-hydrogen) atoms. The maximum atomic E-state index is 10.3. The number of aldehydes is 1. The second kappa shape index (κ2) is 3.21. The van der Waals surface area contributed by atoms with E-state index in [0.29, 0.717) is 12.0 Å². The SMILES string of the molecule is C=CC1=C(C=O)OC(OC)O1. The average Bonchev–Trinajstić information content (AvgIpc) is 2.46. The molecular weight excluding hydrogens is 148 g/mol. The zero-order valence-electron chi connectivity index (χ0n) is 6.07. The van der Waals surface area contributed by atoms with Crippen LogP contribution in [0.1, 0.15) is 0 Å². The van der Waals surface area contributed by atoms with E-state index in [2.05, 4.69) is 11.3 Å². The van der Waals surface area contributed by atoms with Crippen LogP contribution in [-0.4, -0.2) is 19.9 Å². The van der Waals surface area contributed by atoms with Crippen molar-refractivity contribution < 1.29 is 19.0 Å². The fourth-order valence-corrected chi connectivity index (χ4v) is 0.678. The lowest BCUT2D eigenvalue weighted by atomic mass is 10.4. The molecule has 1 atom stereocenters. The zero-order chi connectivity index (χ0) is 8.27. The number of allylic oxidation sites excluding steroid dienone is 2. The van der Waals surface area contributed by atoms with Gasteiger partial charge in [-0.3, -0.25) is 4.79 Å². The topological polar surface area (TPSA) is 44.8 Å². The van der Waals surface area contributed by atoms with Crippen molar-refractivity contribution in [3.8, 4) is 0 Å². The minimum absolute atomic E-state index is 0.117. The molecule has 0 aromatic carbocycles. The van der Waals surface area contributed by atoms with Gasteiger partial charge >= 0.3 is 6.48 Å². The van der Waals surface area contributed by atoms with Crippen LogP contribution in [-0.2, 0) is 19.0 Å². The minimum Gasteiger partial charge on any atom is -0.428 e. The van der Waals surface area contributed by atoms with Crippen LogP contribution in [0.5, 0.6) is 0 Å². The third-order valence-corrected chi connectivity index (χ3v) is 1.17. The van der Waals surface area contributed by atoms with E-state index in [-0.39, 0.29) is 5.76 Å². The van der Waals surface area contributed by atoms with Gasteiger partial charge in [-0.05, 0) is 6.08 Å². The monoisotopic (exact) mass is 156 g/mol. The number of ether oxygens (including phenoxy) is 3. The quantitative estimate of drug-likeness (QED) is 0.560. The summed E-state index contributed by atoms with van der Waals surface area (Å²) >= 11 is 0. The van der Waals surface area contributed by atoms with Crippen molar-refractivity contribution >= 4 is 6.29 Å². The second-order valence-corrected chi connectivity index (χ2v) is 1.81. The molecule has 1 aliphatic rings. The molecule has 0 aromatic rings. The van der Waals surface area contributed by atoms with Crippen LogP contribution in [0.2, 0.25) is 0 Å². The Kier molecular flexibility index (Phi) is 2.28. The Labute approximate surface area is 64.0 Å². The van der Waals surface area contributed by atoms with E-state index in [0.717, 1.165) is 0 Å². The maximum absolute atomic E-state index is 10.3. The van der Waals surface area contributed by atoms with Crippen LogP contribution in [0.4, 0.5) is 0 Å². The maximum Gasteiger partial charge on any atom is 0.360 e. The molecule has 1 aliphatic heterocycles. The van der Waals surface area contributed by atoms with Crippen LogP contribution >= 0.6 is 0 Å². The van der Waals surface area contributed by atoms with Gasteiger partial charge in [-0.2, -0.15) is 0 Å². The predicted octanol–water partition coefficient (Wildman–Crippen LogP) is 0.560. The van der Waals surface area contributed by atoms with E-state index in [4.69, 9.17) is 9.47 Å². The Morgan fingerprint density at radius 2 is 2.18 bits per heavy atom. The van der Waals surface area contributed by atoms with Crippen LogP contribution in [0.15, 0.2) is 24.2 Å². The van der Waals surface area contributed by atoms with Crippen molar-refractivity contribution in [3.05, 3.63) is 24.2 Å². The number of hydrogen-bond donors (Lipinski definition) is 0. The molecule has 4 nitrogen and oxygen atoms in total. The Hall–Kier alpha value is -1.29. The summed E-state index contributed by atoms with van der Waals surface area (Å²) in [6, 6.07) is 0. The van der Waals surface area contributed by atoms with Crippen molar-refractivity contribution in [2.24, 2.45) is 0 Å². The molecule has 60 valence electrons. The normalized spacial score (nSPS) is 22.5. The van der Waals surface area contributed by atoms with Crippen molar-refractivity contribution in [1.82, 2.24) is 0 Å². The smallest absolute Gasteiger partial charge is 0.360 e. The molecule has 0 N–H and O–H groups in total. The standard InChI is InChI=1S/C7H8O4/c1-3-5-6(4-8)11-7(9-2)10-5/h3-4,7H,1H2,2H3. The van der Waals surface area contributed by atoms with Crippen LogP contribution in [0.25, 0.3) is 0 Å². The zero-order valence-corrected chi connectivity index (χ0v) is 6.07. The van der Waals surface area contributed by atoms with E-state index in [1.807, 2.05) is 0 Å². The number of hydrogen-bond acceptors (Lipinski definition) is 4. The highest BCUT2D eigenvalue weighted by atomic mass is 16.9. The van der Waals surface area contributed by atoms with Crippen molar-refractivity contribution in [2.45, 2.75) is 6.48 Å². The van der Waals surface area contributed by atoms with Crippen molar-refractivity contribution in [2.75, 3.05) is 7.11 Å². The Bertz CT molecular complexity index is 186. The van der Waals surface area contributed by atoms with Gasteiger partial charge in [0.05, 0.1) is 0 Å². The first kappa shape index (κ1) is 7.81. The predicted molar refractivity (Wildman–Crippen MR) is 36.3 cm³/mol. The average molecular weight is 156 g/mol. The third kappa shape index (κ3) is 1.40. The molecule has 1 heterocycles. The van der Waals surface area contributed by atoms with E-state index in [1.165, 1.54) is 13.2 Å². The first-order chi connectivity index (χ1) is 5.31. The van der Waals surface area contributed by atoms with E-state index < -0.39 is 6.48 Å². The summed E-state index contributed by atoms with van der Waals surface area (Å²) in [5.74, 6) is 0.429. The molecule has 0 spiro atoms. The molecule has 0 bridgehead atoms. The summed E-state index contributed by atoms with van der Waals surface area (Å²) in [6.45, 7) is 2.62. The van der Waals surface area contributed by atoms with Gasteiger partial charge in [0.1, 0.15) is 0 Å². The van der Waals surface area contributed by atoms with Crippen LogP contribution < -0.4 is 0 Å². The Morgan fingerprint density at radius 3 is 2.55 bits per heavy atom. The molecule has 0 aromatic heterocycles. The summed E-state index contributed by atoms with van der Waals surface area (Å²) < 4.78 is 14.5. The summed E-state index contributed by atoms with van der Waals surface area (Å²) in [5, 5.41) is 0. The number of rotatable bonds is 3. The van der Waals surface area contributed by atoms with Gasteiger partial charge in [-0.15, -0.1) is 0 Å². The molecule has 0 amide bonds. The minimum atomic E-state index is -0.816. The molecule has 0 saturated heterocycles. The fourth-order valence-electron chi connectivity index (χ4n) is 0.678. The lowest BCUT2D eigenvalue weighted by molar-refractivity contribution is -0.210. The molecule has 0 radical (unpaired) electrons. The summed E-state index contributed by atoms with van der Waals surface area (Å²) in [5.41, 5.74) is 0. The van der Waals surface area contributed by atoms with E-state index in [9.17, 15) is 4.79 Å². The largest absolute Gasteiger partial charge is 0.428 e. The summed E-state index contributed by atoms with van der Waals surface area (Å²) in [4.78, 5) is 10.3. The highest BCUT2D eigenvalue weighted by Gasteiger charge is 2.24. The molecule has 0 fully saturated rings. The van der Waals surface area contributed by atoms with Gasteiger partial charge in [0, 0.05) is 7.11 Å². The lowest BCUT2D eigenvalue weighted by Crippen LogP contribution is -2.10. The first-order valence-electron chi connectivity index (χ1n) is 2.99. The highest BCUT2D eigenvalue weighted by molar-refractivity contribution is 5.72. The summed E-state index contributed by atoms with van der Waals surface area (Å²) in [7, 11) is 1.42. The number of methoxy groups -OCH3 is 1. The molecule has 1 unspecified atom stereocenters. The molecule has 0 aliphatic carbocycles. The van der Waals surface area contributed by atoms with Gasteiger partial charge in [-0.1, -0.05) is 6.58 Å². The van der Waals surface area contributed by atoms with Crippen molar-refractivity contribution in [1.29, 1.82) is 0 Å².